The van der Waals surface area contributed by atoms with Crippen molar-refractivity contribution in [2.24, 2.45) is 0 Å². The van der Waals surface area contributed by atoms with Crippen molar-refractivity contribution < 1.29 is 0 Å². The summed E-state index contributed by atoms with van der Waals surface area (Å²) in [4.78, 5) is 30.7. The van der Waals surface area contributed by atoms with Crippen LogP contribution in [0.25, 0.3) is 28.0 Å². The topological polar surface area (TPSA) is 86.6 Å². The first-order valence-electron chi connectivity index (χ1n) is 11.1. The van der Waals surface area contributed by atoms with Crippen LogP contribution in [0.2, 0.25) is 0 Å². The van der Waals surface area contributed by atoms with Crippen molar-refractivity contribution in [1.29, 1.82) is 0 Å². The van der Waals surface area contributed by atoms with Gasteiger partial charge in [0.1, 0.15) is 5.65 Å². The average Bonchev–Trinajstić information content (AvgIpc) is 3.28. The molecule has 6 aromatic rings. The molecule has 4 heterocycles. The number of pyridine rings is 1. The summed E-state index contributed by atoms with van der Waals surface area (Å²) >= 11 is 1.42. The lowest BCUT2D eigenvalue weighted by molar-refractivity contribution is 0.928. The highest BCUT2D eigenvalue weighted by molar-refractivity contribution is 7.98. The third kappa shape index (κ3) is 3.52. The molecule has 0 fully saturated rings. The summed E-state index contributed by atoms with van der Waals surface area (Å²) in [5.74, 6) is 0.862. The maximum Gasteiger partial charge on any atom is 0.267 e. The Morgan fingerprint density at radius 3 is 2.54 bits per heavy atom. The minimum Gasteiger partial charge on any atom is -0.269 e. The van der Waals surface area contributed by atoms with Crippen LogP contribution in [0.1, 0.15) is 16.8 Å². The summed E-state index contributed by atoms with van der Waals surface area (Å²) in [5, 5.41) is 9.99. The Labute approximate surface area is 203 Å². The Balaban J connectivity index is 1.50. The highest BCUT2D eigenvalue weighted by Gasteiger charge is 2.18. The van der Waals surface area contributed by atoms with Crippen LogP contribution in [-0.2, 0) is 5.75 Å². The molecule has 6 rings (SSSR count). The normalized spacial score (nSPS) is 11.6. The largest absolute Gasteiger partial charge is 0.269 e. The molecule has 0 amide bonds. The third-order valence-corrected chi connectivity index (χ3v) is 6.94. The summed E-state index contributed by atoms with van der Waals surface area (Å²) < 4.78 is 5.02. The van der Waals surface area contributed by atoms with Crippen LogP contribution in [0, 0.1) is 13.8 Å². The lowest BCUT2D eigenvalue weighted by Gasteiger charge is -2.11. The number of thioether (sulfide) groups is 1. The summed E-state index contributed by atoms with van der Waals surface area (Å²) in [5.41, 5.74) is 4.50. The first-order chi connectivity index (χ1) is 17.0. The molecule has 0 spiro atoms. The van der Waals surface area contributed by atoms with Crippen LogP contribution < -0.4 is 11.1 Å². The number of hydrogen-bond donors (Lipinski definition) is 0. The molecule has 0 N–H and O–H groups in total. The molecule has 4 aromatic heterocycles. The first kappa shape index (κ1) is 21.3. The lowest BCUT2D eigenvalue weighted by Crippen LogP contribution is -2.21. The van der Waals surface area contributed by atoms with E-state index in [9.17, 15) is 9.59 Å². The maximum atomic E-state index is 13.4. The van der Waals surface area contributed by atoms with E-state index in [0.29, 0.717) is 33.4 Å². The van der Waals surface area contributed by atoms with Gasteiger partial charge in [0, 0.05) is 18.0 Å². The molecule has 8 nitrogen and oxygen atoms in total. The monoisotopic (exact) mass is 480 g/mol. The van der Waals surface area contributed by atoms with E-state index >= 15 is 0 Å². The predicted octanol–water partition coefficient (Wildman–Crippen LogP) is 3.95. The van der Waals surface area contributed by atoms with E-state index in [4.69, 9.17) is 4.98 Å². The minimum atomic E-state index is -0.152. The molecule has 0 aliphatic heterocycles. The zero-order valence-electron chi connectivity index (χ0n) is 19.0. The number of hydrogen-bond acceptors (Lipinski definition) is 6. The van der Waals surface area contributed by atoms with E-state index in [2.05, 4.69) is 10.2 Å². The van der Waals surface area contributed by atoms with Crippen LogP contribution >= 0.6 is 11.8 Å². The van der Waals surface area contributed by atoms with Gasteiger partial charge in [0.2, 0.25) is 5.78 Å². The van der Waals surface area contributed by atoms with Gasteiger partial charge < -0.3 is 0 Å². The summed E-state index contributed by atoms with van der Waals surface area (Å²) in [6.45, 7) is 3.93. The van der Waals surface area contributed by atoms with Gasteiger partial charge in [-0.1, -0.05) is 47.7 Å². The Bertz CT molecular complexity index is 1870. The molecule has 35 heavy (non-hydrogen) atoms. The molecule has 9 heteroatoms. The molecule has 172 valence electrons. The highest BCUT2D eigenvalue weighted by atomic mass is 32.2. The van der Waals surface area contributed by atoms with Crippen LogP contribution in [0.5, 0.6) is 0 Å². The molecule has 2 aromatic carbocycles. The van der Waals surface area contributed by atoms with Crippen molar-refractivity contribution in [2.45, 2.75) is 24.8 Å². The number of aryl methyl sites for hydroxylation is 2. The fraction of sp³-hybridized carbons (Fsp3) is 0.115. The van der Waals surface area contributed by atoms with Crippen molar-refractivity contribution in [2.75, 3.05) is 0 Å². The van der Waals surface area contributed by atoms with E-state index in [0.717, 1.165) is 22.3 Å². The number of aromatic nitrogens is 6. The molecular weight excluding hydrogens is 460 g/mol. The maximum absolute atomic E-state index is 13.4. The van der Waals surface area contributed by atoms with Gasteiger partial charge >= 0.3 is 0 Å². The molecule has 0 bridgehead atoms. The molecule has 0 aliphatic rings. The van der Waals surface area contributed by atoms with E-state index in [1.54, 1.807) is 21.2 Å². The fourth-order valence-corrected chi connectivity index (χ4v) is 5.05. The number of rotatable bonds is 4. The van der Waals surface area contributed by atoms with E-state index < -0.39 is 0 Å². The van der Waals surface area contributed by atoms with Gasteiger partial charge in [-0.3, -0.25) is 18.4 Å². The van der Waals surface area contributed by atoms with Crippen molar-refractivity contribution in [3.63, 3.8) is 0 Å². The average molecular weight is 481 g/mol. The summed E-state index contributed by atoms with van der Waals surface area (Å²) in [6.07, 6.45) is 1.72. The molecule has 0 radical (unpaired) electrons. The van der Waals surface area contributed by atoms with Gasteiger partial charge in [0.15, 0.2) is 5.16 Å². The molecule has 0 saturated heterocycles. The first-order valence-corrected chi connectivity index (χ1v) is 12.1. The van der Waals surface area contributed by atoms with E-state index in [1.807, 2.05) is 78.9 Å². The SMILES string of the molecule is Cc1ccc(-n2c(=O)c3ccccc3n3c(SCc4cc(=O)n5cccc(C)c5n4)nnc23)cc1. The van der Waals surface area contributed by atoms with Gasteiger partial charge in [-0.25, -0.2) is 9.55 Å². The quantitative estimate of drug-likeness (QED) is 0.355. The molecule has 0 atom stereocenters. The van der Waals surface area contributed by atoms with Crippen molar-refractivity contribution >= 4 is 34.1 Å². The molecule has 0 saturated carbocycles. The van der Waals surface area contributed by atoms with Crippen molar-refractivity contribution in [3.8, 4) is 5.69 Å². The summed E-state index contributed by atoms with van der Waals surface area (Å²) in [6, 6.07) is 20.5. The van der Waals surface area contributed by atoms with Gasteiger partial charge in [0.05, 0.1) is 22.3 Å². The van der Waals surface area contributed by atoms with Gasteiger partial charge in [-0.15, -0.1) is 10.2 Å². The predicted molar refractivity (Wildman–Crippen MR) is 137 cm³/mol. The van der Waals surface area contributed by atoms with Crippen LogP contribution in [0.4, 0.5) is 0 Å². The Kier molecular flexibility index (Phi) is 5.00. The number of nitrogens with zero attached hydrogens (tertiary/aromatic N) is 6. The van der Waals surface area contributed by atoms with Gasteiger partial charge in [-0.05, 0) is 49.7 Å². The zero-order chi connectivity index (χ0) is 24.1. The van der Waals surface area contributed by atoms with Crippen LogP contribution in [0.3, 0.4) is 0 Å². The van der Waals surface area contributed by atoms with E-state index in [-0.39, 0.29) is 11.1 Å². The molecule has 0 unspecified atom stereocenters. The molecular formula is C26H20N6O2S. The Morgan fingerprint density at radius 1 is 0.914 bits per heavy atom. The van der Waals surface area contributed by atoms with Crippen molar-refractivity contribution in [3.05, 3.63) is 110 Å². The highest BCUT2D eigenvalue weighted by Crippen LogP contribution is 2.25. The third-order valence-electron chi connectivity index (χ3n) is 5.98. The van der Waals surface area contributed by atoms with Crippen LogP contribution in [-0.4, -0.2) is 28.5 Å². The number of para-hydroxylation sites is 1. The smallest absolute Gasteiger partial charge is 0.267 e. The second-order valence-corrected chi connectivity index (χ2v) is 9.31. The number of benzene rings is 2. The lowest BCUT2D eigenvalue weighted by atomic mass is 10.2. The number of fused-ring (bicyclic) bond motifs is 4. The zero-order valence-corrected chi connectivity index (χ0v) is 19.9. The summed E-state index contributed by atoms with van der Waals surface area (Å²) in [7, 11) is 0. The Hall–Kier alpha value is -4.24. The van der Waals surface area contributed by atoms with Gasteiger partial charge in [-0.2, -0.15) is 0 Å². The van der Waals surface area contributed by atoms with Gasteiger partial charge in [0.25, 0.3) is 11.1 Å². The second-order valence-electron chi connectivity index (χ2n) is 8.37. The minimum absolute atomic E-state index is 0.126. The Morgan fingerprint density at radius 2 is 1.71 bits per heavy atom. The van der Waals surface area contributed by atoms with Crippen LogP contribution in [0.15, 0.2) is 87.7 Å². The van der Waals surface area contributed by atoms with Crippen molar-refractivity contribution in [1.82, 2.24) is 28.5 Å². The molecule has 0 aliphatic carbocycles. The standard InChI is InChI=1S/C26H20N6O2S/c1-16-9-11-19(12-10-16)31-24(34)20-7-3-4-8-21(20)32-25(31)28-29-26(32)35-15-18-14-22(33)30-13-5-6-17(2)23(30)27-18/h3-14H,15H2,1-2H3. The van der Waals surface area contributed by atoms with E-state index in [1.165, 1.54) is 11.8 Å². The second kappa shape index (κ2) is 8.21. The fourth-order valence-electron chi connectivity index (χ4n) is 4.22.